The van der Waals surface area contributed by atoms with Gasteiger partial charge >= 0.3 is 0 Å². The molecule has 1 aromatic heterocycles. The molecule has 0 unspecified atom stereocenters. The average molecular weight is 142 g/mol. The quantitative estimate of drug-likeness (QED) is 0.591. The summed E-state index contributed by atoms with van der Waals surface area (Å²) in [6, 6.07) is 0.458. The molecule has 9 heavy (non-hydrogen) atoms. The molecule has 0 saturated carbocycles. The number of thiol groups is 1. The first-order valence-corrected chi connectivity index (χ1v) is 3.37. The Balaban J connectivity index is 2.94. The van der Waals surface area contributed by atoms with Gasteiger partial charge in [0.2, 0.25) is 0 Å². The van der Waals surface area contributed by atoms with E-state index in [9.17, 15) is 0 Å². The predicted molar refractivity (Wildman–Crippen MR) is 39.9 cm³/mol. The lowest BCUT2D eigenvalue weighted by molar-refractivity contribution is 0.560. The summed E-state index contributed by atoms with van der Waals surface area (Å²) in [6.45, 7) is 4.20. The topological polar surface area (TPSA) is 17.8 Å². The van der Waals surface area contributed by atoms with Crippen molar-refractivity contribution in [1.82, 2.24) is 9.55 Å². The summed E-state index contributed by atoms with van der Waals surface area (Å²) >= 11 is 4.19. The van der Waals surface area contributed by atoms with Crippen LogP contribution in [0.5, 0.6) is 0 Å². The number of imidazole rings is 1. The van der Waals surface area contributed by atoms with Crippen LogP contribution in [0.3, 0.4) is 0 Å². The summed E-state index contributed by atoms with van der Waals surface area (Å²) < 4.78 is 2.00. The molecule has 2 nitrogen and oxygen atoms in total. The fraction of sp³-hybridized carbons (Fsp3) is 0.500. The predicted octanol–water partition coefficient (Wildman–Crippen LogP) is 1.75. The molecule has 3 heteroatoms. The van der Waals surface area contributed by atoms with Crippen LogP contribution in [0.2, 0.25) is 0 Å². The molecule has 0 aliphatic rings. The van der Waals surface area contributed by atoms with Gasteiger partial charge in [-0.15, -0.1) is 12.6 Å². The maximum Gasteiger partial charge on any atom is 0.0957 e. The van der Waals surface area contributed by atoms with E-state index in [4.69, 9.17) is 0 Å². The van der Waals surface area contributed by atoms with Gasteiger partial charge in [0, 0.05) is 6.04 Å². The molecule has 0 aliphatic heterocycles. The SMILES string of the molecule is CC(C)n1cncc1S. The van der Waals surface area contributed by atoms with Crippen molar-refractivity contribution in [3.63, 3.8) is 0 Å². The van der Waals surface area contributed by atoms with E-state index >= 15 is 0 Å². The van der Waals surface area contributed by atoms with E-state index < -0.39 is 0 Å². The molecule has 0 fully saturated rings. The molecule has 0 saturated heterocycles. The van der Waals surface area contributed by atoms with Crippen molar-refractivity contribution in [3.05, 3.63) is 12.5 Å². The van der Waals surface area contributed by atoms with E-state index in [-0.39, 0.29) is 0 Å². The van der Waals surface area contributed by atoms with Gasteiger partial charge in [-0.05, 0) is 13.8 Å². The van der Waals surface area contributed by atoms with Gasteiger partial charge in [-0.25, -0.2) is 4.98 Å². The highest BCUT2D eigenvalue weighted by Crippen LogP contribution is 2.10. The normalized spacial score (nSPS) is 10.7. The third-order valence-electron chi connectivity index (χ3n) is 1.20. The lowest BCUT2D eigenvalue weighted by Crippen LogP contribution is -1.98. The molecule has 50 valence electrons. The van der Waals surface area contributed by atoms with Gasteiger partial charge in [-0.3, -0.25) is 0 Å². The standard InChI is InChI=1S/C6H10N2S/c1-5(2)8-4-7-3-6(8)9/h3-5,9H,1-2H3. The van der Waals surface area contributed by atoms with E-state index in [1.165, 1.54) is 0 Å². The minimum Gasteiger partial charge on any atom is -0.323 e. The van der Waals surface area contributed by atoms with Crippen LogP contribution in [0.4, 0.5) is 0 Å². The maximum atomic E-state index is 4.19. The number of hydrogen-bond acceptors (Lipinski definition) is 2. The highest BCUT2D eigenvalue weighted by atomic mass is 32.1. The van der Waals surface area contributed by atoms with Gasteiger partial charge in [0.1, 0.15) is 0 Å². The van der Waals surface area contributed by atoms with Crippen molar-refractivity contribution in [2.24, 2.45) is 0 Å². The molecule has 0 amide bonds. The Hall–Kier alpha value is -0.440. The second kappa shape index (κ2) is 2.43. The zero-order chi connectivity index (χ0) is 6.85. The van der Waals surface area contributed by atoms with Crippen LogP contribution in [0.1, 0.15) is 19.9 Å². The second-order valence-electron chi connectivity index (χ2n) is 2.25. The maximum absolute atomic E-state index is 4.19. The highest BCUT2D eigenvalue weighted by Gasteiger charge is 1.98. The molecule has 0 radical (unpaired) electrons. The van der Waals surface area contributed by atoms with Crippen LogP contribution in [-0.4, -0.2) is 9.55 Å². The molecule has 0 aromatic carbocycles. The smallest absolute Gasteiger partial charge is 0.0957 e. The van der Waals surface area contributed by atoms with Gasteiger partial charge in [-0.2, -0.15) is 0 Å². The van der Waals surface area contributed by atoms with Crippen LogP contribution in [0.15, 0.2) is 17.6 Å². The van der Waals surface area contributed by atoms with E-state index in [1.54, 1.807) is 12.5 Å². The third-order valence-corrected chi connectivity index (χ3v) is 1.55. The minimum absolute atomic E-state index is 0.458. The van der Waals surface area contributed by atoms with Crippen molar-refractivity contribution in [2.75, 3.05) is 0 Å². The molecule has 0 aliphatic carbocycles. The third kappa shape index (κ3) is 1.27. The fourth-order valence-electron chi connectivity index (χ4n) is 0.696. The van der Waals surface area contributed by atoms with Crippen LogP contribution in [-0.2, 0) is 0 Å². The van der Waals surface area contributed by atoms with Gasteiger partial charge < -0.3 is 4.57 Å². The molecular formula is C6H10N2S. The zero-order valence-corrected chi connectivity index (χ0v) is 6.47. The van der Waals surface area contributed by atoms with Crippen LogP contribution < -0.4 is 0 Å². The summed E-state index contributed by atoms with van der Waals surface area (Å²) in [5.74, 6) is 0. The number of hydrogen-bond donors (Lipinski definition) is 1. The van der Waals surface area contributed by atoms with Gasteiger partial charge in [0.25, 0.3) is 0 Å². The second-order valence-corrected chi connectivity index (χ2v) is 2.71. The first-order chi connectivity index (χ1) is 4.22. The zero-order valence-electron chi connectivity index (χ0n) is 5.57. The molecule has 1 heterocycles. The van der Waals surface area contributed by atoms with E-state index in [0.29, 0.717) is 6.04 Å². The van der Waals surface area contributed by atoms with Crippen molar-refractivity contribution < 1.29 is 0 Å². The van der Waals surface area contributed by atoms with Crippen LogP contribution in [0.25, 0.3) is 0 Å². The first-order valence-electron chi connectivity index (χ1n) is 2.92. The van der Waals surface area contributed by atoms with E-state index in [1.807, 2.05) is 4.57 Å². The molecule has 0 bridgehead atoms. The Morgan fingerprint density at radius 2 is 2.33 bits per heavy atom. The van der Waals surface area contributed by atoms with Crippen molar-refractivity contribution in [1.29, 1.82) is 0 Å². The molecular weight excluding hydrogens is 132 g/mol. The van der Waals surface area contributed by atoms with Gasteiger partial charge in [0.05, 0.1) is 17.6 Å². The Labute approximate surface area is 60.3 Å². The number of aromatic nitrogens is 2. The van der Waals surface area contributed by atoms with Gasteiger partial charge in [0.15, 0.2) is 0 Å². The summed E-state index contributed by atoms with van der Waals surface area (Å²) in [5, 5.41) is 0.921. The summed E-state index contributed by atoms with van der Waals surface area (Å²) in [5.41, 5.74) is 0. The summed E-state index contributed by atoms with van der Waals surface area (Å²) in [4.78, 5) is 3.93. The largest absolute Gasteiger partial charge is 0.323 e. The molecule has 1 rings (SSSR count). The Morgan fingerprint density at radius 3 is 2.56 bits per heavy atom. The summed E-state index contributed by atoms with van der Waals surface area (Å²) in [6.07, 6.45) is 3.52. The van der Waals surface area contributed by atoms with Crippen LogP contribution >= 0.6 is 12.6 Å². The Bertz CT molecular complexity index is 193. The Morgan fingerprint density at radius 1 is 1.67 bits per heavy atom. The van der Waals surface area contributed by atoms with Crippen molar-refractivity contribution in [2.45, 2.75) is 24.9 Å². The molecule has 1 aromatic rings. The van der Waals surface area contributed by atoms with Crippen molar-refractivity contribution >= 4 is 12.6 Å². The first kappa shape index (κ1) is 6.68. The van der Waals surface area contributed by atoms with E-state index in [2.05, 4.69) is 31.5 Å². The lowest BCUT2D eigenvalue weighted by atomic mass is 10.4. The summed E-state index contributed by atoms with van der Waals surface area (Å²) in [7, 11) is 0. The number of rotatable bonds is 1. The molecule has 0 spiro atoms. The van der Waals surface area contributed by atoms with Gasteiger partial charge in [-0.1, -0.05) is 0 Å². The van der Waals surface area contributed by atoms with E-state index in [0.717, 1.165) is 5.03 Å². The molecule has 0 atom stereocenters. The number of nitrogens with zero attached hydrogens (tertiary/aromatic N) is 2. The minimum atomic E-state index is 0.458. The monoisotopic (exact) mass is 142 g/mol. The average Bonchev–Trinajstić information content (AvgIpc) is 2.13. The van der Waals surface area contributed by atoms with Crippen LogP contribution in [0, 0.1) is 0 Å². The molecule has 0 N–H and O–H groups in total. The highest BCUT2D eigenvalue weighted by molar-refractivity contribution is 7.80. The lowest BCUT2D eigenvalue weighted by Gasteiger charge is -2.06. The van der Waals surface area contributed by atoms with Crippen molar-refractivity contribution in [3.8, 4) is 0 Å². The Kier molecular flexibility index (Phi) is 1.81. The fourth-order valence-corrected chi connectivity index (χ4v) is 1.04.